The lowest BCUT2D eigenvalue weighted by Gasteiger charge is -2.29. The molecule has 0 amide bonds. The summed E-state index contributed by atoms with van der Waals surface area (Å²) < 4.78 is 0. The van der Waals surface area contributed by atoms with E-state index < -0.39 is 5.60 Å². The summed E-state index contributed by atoms with van der Waals surface area (Å²) in [4.78, 5) is 17.0. The molecule has 0 radical (unpaired) electrons. The molecule has 4 nitrogen and oxygen atoms in total. The highest BCUT2D eigenvalue weighted by atomic mass is 16.3. The van der Waals surface area contributed by atoms with Crippen molar-refractivity contribution in [2.45, 2.75) is 31.3 Å². The summed E-state index contributed by atoms with van der Waals surface area (Å²) in [5.41, 5.74) is -0.0523. The second kappa shape index (κ2) is 4.84. The monoisotopic (exact) mass is 234 g/mol. The molecule has 1 saturated carbocycles. The lowest BCUT2D eigenvalue weighted by molar-refractivity contribution is 0.0557. The molecule has 0 saturated heterocycles. The first kappa shape index (κ1) is 12.0. The van der Waals surface area contributed by atoms with Crippen molar-refractivity contribution in [2.75, 3.05) is 18.5 Å². The topological polar surface area (TPSA) is 53.4 Å². The molecule has 1 N–H and O–H groups in total. The quantitative estimate of drug-likeness (QED) is 0.805. The molecule has 0 atom stereocenters. The molecule has 1 fully saturated rings. The van der Waals surface area contributed by atoms with Gasteiger partial charge in [-0.1, -0.05) is 12.8 Å². The largest absolute Gasteiger partial charge is 0.388 e. The maximum absolute atomic E-state index is 10.9. The third kappa shape index (κ3) is 2.64. The van der Waals surface area contributed by atoms with Gasteiger partial charge in [0.05, 0.1) is 11.2 Å². The van der Waals surface area contributed by atoms with E-state index in [2.05, 4.69) is 4.98 Å². The second-order valence-electron chi connectivity index (χ2n) is 4.82. The van der Waals surface area contributed by atoms with Crippen LogP contribution in [0.3, 0.4) is 0 Å². The molecule has 4 heteroatoms. The number of aliphatic hydroxyl groups is 1. The highest BCUT2D eigenvalue weighted by Gasteiger charge is 2.32. The van der Waals surface area contributed by atoms with E-state index in [1.807, 2.05) is 11.9 Å². The number of likely N-dealkylation sites (N-methyl/N-ethyl adjacent to an activating group) is 1. The van der Waals surface area contributed by atoms with Gasteiger partial charge in [-0.2, -0.15) is 0 Å². The number of rotatable bonds is 4. The van der Waals surface area contributed by atoms with Crippen LogP contribution in [0.2, 0.25) is 0 Å². The number of hydrogen-bond acceptors (Lipinski definition) is 4. The van der Waals surface area contributed by atoms with Crippen LogP contribution in [0.5, 0.6) is 0 Å². The standard InChI is InChI=1S/C13H18N2O2/c1-15(10-13(17)6-2-3-7-13)12-11(9-16)5-4-8-14-12/h4-5,8-9,17H,2-3,6-7,10H2,1H3. The normalized spacial score (nSPS) is 18.0. The summed E-state index contributed by atoms with van der Waals surface area (Å²) in [6.07, 6.45) is 6.29. The van der Waals surface area contributed by atoms with E-state index in [1.54, 1.807) is 18.3 Å². The fourth-order valence-electron chi connectivity index (χ4n) is 2.53. The van der Waals surface area contributed by atoms with Gasteiger partial charge in [-0.3, -0.25) is 4.79 Å². The van der Waals surface area contributed by atoms with Gasteiger partial charge in [-0.15, -0.1) is 0 Å². The Labute approximate surface area is 101 Å². The van der Waals surface area contributed by atoms with Crippen molar-refractivity contribution >= 4 is 12.1 Å². The van der Waals surface area contributed by atoms with E-state index in [0.29, 0.717) is 17.9 Å². The van der Waals surface area contributed by atoms with Crippen LogP contribution in [0.25, 0.3) is 0 Å². The molecule has 0 aromatic carbocycles. The third-order valence-corrected chi connectivity index (χ3v) is 3.37. The molecule has 1 aromatic rings. The fraction of sp³-hybridized carbons (Fsp3) is 0.538. The lowest BCUT2D eigenvalue weighted by Crippen LogP contribution is -2.39. The molecule has 2 rings (SSSR count). The van der Waals surface area contributed by atoms with Crippen molar-refractivity contribution in [3.8, 4) is 0 Å². The van der Waals surface area contributed by atoms with Gasteiger partial charge in [0.2, 0.25) is 0 Å². The molecule has 0 unspecified atom stereocenters. The molecule has 17 heavy (non-hydrogen) atoms. The highest BCUT2D eigenvalue weighted by molar-refractivity contribution is 5.82. The minimum atomic E-state index is -0.619. The molecular formula is C13H18N2O2. The number of carbonyl (C=O) groups is 1. The zero-order valence-electron chi connectivity index (χ0n) is 10.1. The van der Waals surface area contributed by atoms with Crippen molar-refractivity contribution < 1.29 is 9.90 Å². The van der Waals surface area contributed by atoms with Crippen LogP contribution in [0.15, 0.2) is 18.3 Å². The summed E-state index contributed by atoms with van der Waals surface area (Å²) >= 11 is 0. The Hall–Kier alpha value is -1.42. The minimum Gasteiger partial charge on any atom is -0.388 e. The molecule has 1 aliphatic carbocycles. The van der Waals surface area contributed by atoms with Crippen molar-refractivity contribution in [3.05, 3.63) is 23.9 Å². The molecule has 1 aromatic heterocycles. The van der Waals surface area contributed by atoms with Gasteiger partial charge >= 0.3 is 0 Å². The van der Waals surface area contributed by atoms with E-state index in [4.69, 9.17) is 0 Å². The highest BCUT2D eigenvalue weighted by Crippen LogP contribution is 2.31. The van der Waals surface area contributed by atoms with Gasteiger partial charge < -0.3 is 10.0 Å². The summed E-state index contributed by atoms with van der Waals surface area (Å²) in [6.45, 7) is 0.533. The second-order valence-corrected chi connectivity index (χ2v) is 4.82. The Morgan fingerprint density at radius 2 is 2.24 bits per heavy atom. The first-order valence-corrected chi connectivity index (χ1v) is 5.98. The Balaban J connectivity index is 2.13. The SMILES string of the molecule is CN(CC1(O)CCCC1)c1ncccc1C=O. The average molecular weight is 234 g/mol. The molecule has 92 valence electrons. The summed E-state index contributed by atoms with van der Waals surface area (Å²) in [5.74, 6) is 0.642. The zero-order chi connectivity index (χ0) is 12.3. The lowest BCUT2D eigenvalue weighted by atomic mass is 10.0. The van der Waals surface area contributed by atoms with Crippen LogP contribution in [-0.4, -0.2) is 35.6 Å². The van der Waals surface area contributed by atoms with Gasteiger partial charge in [0, 0.05) is 19.8 Å². The number of nitrogens with zero attached hydrogens (tertiary/aromatic N) is 2. The fourth-order valence-corrected chi connectivity index (χ4v) is 2.53. The molecule has 1 aliphatic rings. The van der Waals surface area contributed by atoms with Gasteiger partial charge in [-0.25, -0.2) is 4.98 Å². The first-order valence-electron chi connectivity index (χ1n) is 5.98. The molecular weight excluding hydrogens is 216 g/mol. The summed E-state index contributed by atoms with van der Waals surface area (Å²) in [5, 5.41) is 10.3. The van der Waals surface area contributed by atoms with Crippen LogP contribution in [0.4, 0.5) is 5.82 Å². The number of hydrogen-bond donors (Lipinski definition) is 1. The molecule has 1 heterocycles. The van der Waals surface area contributed by atoms with E-state index in [9.17, 15) is 9.90 Å². The smallest absolute Gasteiger partial charge is 0.153 e. The van der Waals surface area contributed by atoms with Crippen LogP contribution >= 0.6 is 0 Å². The van der Waals surface area contributed by atoms with Crippen LogP contribution in [0, 0.1) is 0 Å². The van der Waals surface area contributed by atoms with Gasteiger partial charge in [-0.05, 0) is 25.0 Å². The van der Waals surface area contributed by atoms with Crippen LogP contribution < -0.4 is 4.90 Å². The number of pyridine rings is 1. The zero-order valence-corrected chi connectivity index (χ0v) is 10.1. The number of aldehydes is 1. The van der Waals surface area contributed by atoms with Gasteiger partial charge in [0.1, 0.15) is 5.82 Å². The average Bonchev–Trinajstić information content (AvgIpc) is 2.75. The molecule has 0 spiro atoms. The third-order valence-electron chi connectivity index (χ3n) is 3.37. The maximum Gasteiger partial charge on any atom is 0.153 e. The van der Waals surface area contributed by atoms with Crippen LogP contribution in [-0.2, 0) is 0 Å². The molecule has 0 bridgehead atoms. The first-order chi connectivity index (χ1) is 8.14. The van der Waals surface area contributed by atoms with E-state index in [0.717, 1.165) is 32.0 Å². The van der Waals surface area contributed by atoms with E-state index in [1.165, 1.54) is 0 Å². The predicted octanol–water partition coefficient (Wildman–Crippen LogP) is 1.64. The van der Waals surface area contributed by atoms with E-state index in [-0.39, 0.29) is 0 Å². The number of aromatic nitrogens is 1. The Kier molecular flexibility index (Phi) is 3.43. The van der Waals surface area contributed by atoms with Crippen molar-refractivity contribution in [1.29, 1.82) is 0 Å². The number of anilines is 1. The maximum atomic E-state index is 10.9. The Bertz CT molecular complexity index is 400. The summed E-state index contributed by atoms with van der Waals surface area (Å²) in [7, 11) is 1.87. The Morgan fingerprint density at radius 1 is 1.53 bits per heavy atom. The van der Waals surface area contributed by atoms with E-state index >= 15 is 0 Å². The Morgan fingerprint density at radius 3 is 2.88 bits per heavy atom. The van der Waals surface area contributed by atoms with Crippen molar-refractivity contribution in [1.82, 2.24) is 4.98 Å². The van der Waals surface area contributed by atoms with Crippen molar-refractivity contribution in [2.24, 2.45) is 0 Å². The van der Waals surface area contributed by atoms with Crippen LogP contribution in [0.1, 0.15) is 36.0 Å². The minimum absolute atomic E-state index is 0.533. The number of carbonyl (C=O) groups excluding carboxylic acids is 1. The van der Waals surface area contributed by atoms with Crippen molar-refractivity contribution in [3.63, 3.8) is 0 Å². The van der Waals surface area contributed by atoms with Gasteiger partial charge in [0.15, 0.2) is 6.29 Å². The summed E-state index contributed by atoms with van der Waals surface area (Å²) in [6, 6.07) is 3.48. The van der Waals surface area contributed by atoms with Gasteiger partial charge in [0.25, 0.3) is 0 Å². The predicted molar refractivity (Wildman–Crippen MR) is 66.3 cm³/mol. The molecule has 0 aliphatic heterocycles.